The van der Waals surface area contributed by atoms with Crippen LogP contribution >= 0.6 is 27.3 Å². The number of ether oxygens (including phenoxy) is 1. The van der Waals surface area contributed by atoms with Crippen LogP contribution in [-0.2, 0) is 4.74 Å². The van der Waals surface area contributed by atoms with Gasteiger partial charge in [-0.3, -0.25) is 0 Å². The van der Waals surface area contributed by atoms with E-state index in [2.05, 4.69) is 25.8 Å². The second-order valence-corrected chi connectivity index (χ2v) is 8.04. The molecule has 0 aliphatic carbocycles. The molecule has 2 rings (SSSR count). The summed E-state index contributed by atoms with van der Waals surface area (Å²) in [5, 5.41) is 1.14. The number of carbonyl (C=O) groups excluding carboxylic acids is 1. The maximum Gasteiger partial charge on any atom is 0.410 e. The van der Waals surface area contributed by atoms with Crippen molar-refractivity contribution in [1.82, 2.24) is 9.88 Å². The lowest BCUT2D eigenvalue weighted by molar-refractivity contribution is 0.0263. The highest BCUT2D eigenvalue weighted by Crippen LogP contribution is 2.27. The van der Waals surface area contributed by atoms with Gasteiger partial charge >= 0.3 is 6.09 Å². The van der Waals surface area contributed by atoms with Gasteiger partial charge in [-0.05, 0) is 43.1 Å². The van der Waals surface area contributed by atoms with Gasteiger partial charge in [0.2, 0.25) is 0 Å². The highest BCUT2D eigenvalue weighted by molar-refractivity contribution is 9.11. The van der Waals surface area contributed by atoms with Crippen molar-refractivity contribution < 1.29 is 9.53 Å². The van der Waals surface area contributed by atoms with Gasteiger partial charge in [0, 0.05) is 26.2 Å². The van der Waals surface area contributed by atoms with E-state index >= 15 is 0 Å². The second-order valence-electron chi connectivity index (χ2n) is 5.76. The Balaban J connectivity index is 1.94. The zero-order valence-electron chi connectivity index (χ0n) is 12.1. The van der Waals surface area contributed by atoms with Gasteiger partial charge in [0.05, 0.1) is 6.20 Å². The summed E-state index contributed by atoms with van der Waals surface area (Å²) in [6, 6.07) is 0. The molecular formula is C13H20BrN3O2S. The van der Waals surface area contributed by atoms with Gasteiger partial charge in [-0.25, -0.2) is 9.78 Å². The number of rotatable bonds is 1. The Bertz CT molecular complexity index is 472. The number of amides is 1. The Kier molecular flexibility index (Phi) is 4.90. The van der Waals surface area contributed by atoms with Crippen LogP contribution in [0.25, 0.3) is 0 Å². The van der Waals surface area contributed by atoms with Crippen LogP contribution in [-0.4, -0.2) is 47.8 Å². The molecule has 0 atom stereocenters. The lowest BCUT2D eigenvalue weighted by Crippen LogP contribution is -2.39. The first kappa shape index (κ1) is 15.6. The molecule has 1 fully saturated rings. The summed E-state index contributed by atoms with van der Waals surface area (Å²) in [6.45, 7) is 8.86. The van der Waals surface area contributed by atoms with Gasteiger partial charge in [-0.1, -0.05) is 11.3 Å². The molecule has 0 aromatic carbocycles. The first-order chi connectivity index (χ1) is 9.35. The molecule has 0 radical (unpaired) electrons. The third-order valence-corrected chi connectivity index (χ3v) is 4.46. The summed E-state index contributed by atoms with van der Waals surface area (Å²) in [7, 11) is 0. The first-order valence-electron chi connectivity index (χ1n) is 6.69. The number of hydrogen-bond acceptors (Lipinski definition) is 5. The lowest BCUT2D eigenvalue weighted by Gasteiger charge is -2.26. The summed E-state index contributed by atoms with van der Waals surface area (Å²) in [5.41, 5.74) is -0.439. The fourth-order valence-electron chi connectivity index (χ4n) is 2.04. The number of hydrogen-bond donors (Lipinski definition) is 0. The fourth-order valence-corrected chi connectivity index (χ4v) is 3.33. The number of anilines is 1. The van der Waals surface area contributed by atoms with E-state index in [1.165, 1.54) is 0 Å². The van der Waals surface area contributed by atoms with Gasteiger partial charge in [0.15, 0.2) is 3.92 Å². The van der Waals surface area contributed by atoms with Gasteiger partial charge in [0.25, 0.3) is 0 Å². The number of halogens is 1. The lowest BCUT2D eigenvalue weighted by atomic mass is 10.2. The van der Waals surface area contributed by atoms with Crippen molar-refractivity contribution in [3.8, 4) is 0 Å². The zero-order chi connectivity index (χ0) is 14.8. The minimum Gasteiger partial charge on any atom is -0.444 e. The molecule has 0 spiro atoms. The van der Waals surface area contributed by atoms with E-state index < -0.39 is 5.60 Å². The predicted octanol–water partition coefficient (Wildman–Crippen LogP) is 3.35. The molecule has 112 valence electrons. The van der Waals surface area contributed by atoms with Crippen molar-refractivity contribution in [3.05, 3.63) is 10.1 Å². The van der Waals surface area contributed by atoms with Crippen LogP contribution in [0.2, 0.25) is 0 Å². The fraction of sp³-hybridized carbons (Fsp3) is 0.692. The van der Waals surface area contributed by atoms with Gasteiger partial charge < -0.3 is 14.5 Å². The number of aromatic nitrogens is 1. The summed E-state index contributed by atoms with van der Waals surface area (Å²) in [5.74, 6) is 0. The van der Waals surface area contributed by atoms with E-state index in [1.807, 2.05) is 27.0 Å². The Morgan fingerprint density at radius 1 is 1.35 bits per heavy atom. The van der Waals surface area contributed by atoms with Crippen molar-refractivity contribution in [2.75, 3.05) is 31.1 Å². The third-order valence-electron chi connectivity index (χ3n) is 2.92. The molecule has 1 aliphatic heterocycles. The standard InChI is InChI=1S/C13H20BrN3O2S/c1-13(2,3)19-12(18)17-6-4-5-16(7-8-17)10-9-15-11(14)20-10/h9H,4-8H2,1-3H3. The Morgan fingerprint density at radius 2 is 2.10 bits per heavy atom. The largest absolute Gasteiger partial charge is 0.444 e. The van der Waals surface area contributed by atoms with E-state index in [0.29, 0.717) is 6.54 Å². The molecule has 0 bridgehead atoms. The van der Waals surface area contributed by atoms with E-state index in [4.69, 9.17) is 4.74 Å². The highest BCUT2D eigenvalue weighted by atomic mass is 79.9. The van der Waals surface area contributed by atoms with E-state index in [1.54, 1.807) is 16.2 Å². The third kappa shape index (κ3) is 4.34. The first-order valence-corrected chi connectivity index (χ1v) is 8.30. The van der Waals surface area contributed by atoms with Crippen LogP contribution in [0, 0.1) is 0 Å². The number of thiazole rings is 1. The van der Waals surface area contributed by atoms with E-state index in [0.717, 1.165) is 35.0 Å². The van der Waals surface area contributed by atoms with Crippen molar-refractivity contribution in [2.45, 2.75) is 32.8 Å². The minimum atomic E-state index is -0.439. The smallest absolute Gasteiger partial charge is 0.410 e. The average molecular weight is 362 g/mol. The van der Waals surface area contributed by atoms with E-state index in [9.17, 15) is 4.79 Å². The van der Waals surface area contributed by atoms with Gasteiger partial charge in [0.1, 0.15) is 10.6 Å². The quantitative estimate of drug-likeness (QED) is 0.769. The van der Waals surface area contributed by atoms with Crippen LogP contribution in [0.3, 0.4) is 0 Å². The molecule has 1 aromatic rings. The number of nitrogens with zero attached hydrogens (tertiary/aromatic N) is 3. The van der Waals surface area contributed by atoms with Crippen LogP contribution in [0.1, 0.15) is 27.2 Å². The van der Waals surface area contributed by atoms with Crippen LogP contribution in [0.15, 0.2) is 10.1 Å². The molecule has 0 unspecified atom stereocenters. The molecule has 2 heterocycles. The number of carbonyl (C=O) groups is 1. The van der Waals surface area contributed by atoms with Crippen molar-refractivity contribution in [1.29, 1.82) is 0 Å². The Hall–Kier alpha value is -0.820. The molecule has 5 nitrogen and oxygen atoms in total. The van der Waals surface area contributed by atoms with Gasteiger partial charge in [-0.15, -0.1) is 0 Å². The molecular weight excluding hydrogens is 342 g/mol. The molecule has 20 heavy (non-hydrogen) atoms. The van der Waals surface area contributed by atoms with Gasteiger partial charge in [-0.2, -0.15) is 0 Å². The normalized spacial score (nSPS) is 17.0. The van der Waals surface area contributed by atoms with E-state index in [-0.39, 0.29) is 6.09 Å². The molecule has 1 aromatic heterocycles. The maximum absolute atomic E-state index is 12.1. The second kappa shape index (κ2) is 6.30. The topological polar surface area (TPSA) is 45.7 Å². The predicted molar refractivity (Wildman–Crippen MR) is 84.5 cm³/mol. The zero-order valence-corrected chi connectivity index (χ0v) is 14.5. The summed E-state index contributed by atoms with van der Waals surface area (Å²) >= 11 is 5.00. The maximum atomic E-state index is 12.1. The summed E-state index contributed by atoms with van der Waals surface area (Å²) in [4.78, 5) is 20.4. The Morgan fingerprint density at radius 3 is 2.70 bits per heavy atom. The molecule has 1 aliphatic rings. The highest BCUT2D eigenvalue weighted by Gasteiger charge is 2.24. The minimum absolute atomic E-state index is 0.218. The van der Waals surface area contributed by atoms with Crippen molar-refractivity contribution in [3.63, 3.8) is 0 Å². The average Bonchev–Trinajstić information content (AvgIpc) is 2.62. The van der Waals surface area contributed by atoms with Crippen molar-refractivity contribution in [2.24, 2.45) is 0 Å². The van der Waals surface area contributed by atoms with Crippen LogP contribution < -0.4 is 4.90 Å². The monoisotopic (exact) mass is 361 g/mol. The SMILES string of the molecule is CC(C)(C)OC(=O)N1CCCN(c2cnc(Br)s2)CC1. The molecule has 0 N–H and O–H groups in total. The molecule has 1 saturated heterocycles. The van der Waals surface area contributed by atoms with Crippen LogP contribution in [0.4, 0.5) is 9.80 Å². The van der Waals surface area contributed by atoms with Crippen LogP contribution in [0.5, 0.6) is 0 Å². The molecule has 0 saturated carbocycles. The summed E-state index contributed by atoms with van der Waals surface area (Å²) < 4.78 is 6.32. The molecule has 1 amide bonds. The summed E-state index contributed by atoms with van der Waals surface area (Å²) in [6.07, 6.45) is 2.59. The van der Waals surface area contributed by atoms with Crippen molar-refractivity contribution >= 4 is 38.4 Å². The molecule has 7 heteroatoms. The Labute approximate surface area is 132 Å².